The molecule has 1 aromatic rings. The lowest BCUT2D eigenvalue weighted by Crippen LogP contribution is -2.10. The Labute approximate surface area is 94.0 Å². The third kappa shape index (κ3) is 4.01. The number of rotatable bonds is 5. The molecule has 5 heteroatoms. The van der Waals surface area contributed by atoms with E-state index in [0.717, 1.165) is 0 Å². The van der Waals surface area contributed by atoms with Gasteiger partial charge in [-0.3, -0.25) is 4.79 Å². The molecule has 0 aliphatic carbocycles. The van der Waals surface area contributed by atoms with Crippen molar-refractivity contribution < 1.29 is 13.2 Å². The molecular weight excluding hydrogens is 236 g/mol. The van der Waals surface area contributed by atoms with Gasteiger partial charge >= 0.3 is 0 Å². The quantitative estimate of drug-likeness (QED) is 0.735. The first kappa shape index (κ1) is 12.2. The second-order valence-electron chi connectivity index (χ2n) is 3.08. The maximum atomic E-state index is 11.4. The Balaban J connectivity index is 2.77. The summed E-state index contributed by atoms with van der Waals surface area (Å²) in [4.78, 5) is 10.2. The number of hydrogen-bond acceptors (Lipinski definition) is 3. The Bertz CT molecular complexity index is 422. The van der Waals surface area contributed by atoms with Gasteiger partial charge in [0.15, 0.2) is 9.84 Å². The first-order chi connectivity index (χ1) is 7.07. The molecule has 0 aliphatic heterocycles. The minimum atomic E-state index is -3.13. The highest BCUT2D eigenvalue weighted by Gasteiger charge is 2.10. The van der Waals surface area contributed by atoms with Crippen molar-refractivity contribution in [1.29, 1.82) is 0 Å². The summed E-state index contributed by atoms with van der Waals surface area (Å²) in [5.74, 6) is 0.0253. The van der Waals surface area contributed by atoms with Crippen molar-refractivity contribution in [2.75, 3.05) is 11.6 Å². The van der Waals surface area contributed by atoms with E-state index in [1.54, 1.807) is 30.6 Å². The van der Waals surface area contributed by atoms with Crippen molar-refractivity contribution in [2.45, 2.75) is 5.75 Å². The van der Waals surface area contributed by atoms with Crippen LogP contribution in [0.4, 0.5) is 0 Å². The number of halogens is 1. The van der Waals surface area contributed by atoms with Gasteiger partial charge in [-0.2, -0.15) is 0 Å². The van der Waals surface area contributed by atoms with Crippen LogP contribution in [-0.4, -0.2) is 26.3 Å². The zero-order valence-electron chi connectivity index (χ0n) is 7.94. The van der Waals surface area contributed by atoms with Crippen LogP contribution in [0.3, 0.4) is 0 Å². The molecule has 0 aliphatic rings. The Kier molecular flexibility index (Phi) is 4.29. The Morgan fingerprint density at radius 2 is 1.80 bits per heavy atom. The summed E-state index contributed by atoms with van der Waals surface area (Å²) in [7, 11) is -3.13. The fourth-order valence-electron chi connectivity index (χ4n) is 1.11. The smallest absolute Gasteiger partial charge is 0.233 e. The normalized spacial score (nSPS) is 11.3. The predicted molar refractivity (Wildman–Crippen MR) is 59.4 cm³/mol. The van der Waals surface area contributed by atoms with Gasteiger partial charge in [-0.15, -0.1) is 11.6 Å². The molecule has 0 bridgehead atoms. The third-order valence-electron chi connectivity index (χ3n) is 1.85. The van der Waals surface area contributed by atoms with Gasteiger partial charge in [-0.1, -0.05) is 24.3 Å². The first-order valence-electron chi connectivity index (χ1n) is 4.31. The fourth-order valence-corrected chi connectivity index (χ4v) is 2.90. The molecule has 0 heterocycles. The Morgan fingerprint density at radius 3 is 2.27 bits per heavy atom. The molecule has 15 heavy (non-hydrogen) atoms. The number of hydrogen-bond donors (Lipinski definition) is 0. The molecular formula is C10H10ClO3S. The summed E-state index contributed by atoms with van der Waals surface area (Å²) < 4.78 is 22.8. The van der Waals surface area contributed by atoms with Gasteiger partial charge in [0, 0.05) is 11.4 Å². The van der Waals surface area contributed by atoms with Gasteiger partial charge < -0.3 is 0 Å². The maximum absolute atomic E-state index is 11.4. The third-order valence-corrected chi connectivity index (χ3v) is 3.86. The molecule has 81 valence electrons. The molecule has 0 saturated heterocycles. The van der Waals surface area contributed by atoms with Crippen LogP contribution in [0.1, 0.15) is 11.1 Å². The number of sulfone groups is 1. The molecule has 0 saturated carbocycles. The number of alkyl halides is 1. The summed E-state index contributed by atoms with van der Waals surface area (Å²) in [5.41, 5.74) is 1.06. The van der Waals surface area contributed by atoms with Crippen molar-refractivity contribution in [2.24, 2.45) is 0 Å². The van der Waals surface area contributed by atoms with Crippen LogP contribution >= 0.6 is 11.6 Å². The zero-order chi connectivity index (χ0) is 11.3. The van der Waals surface area contributed by atoms with Crippen molar-refractivity contribution in [3.63, 3.8) is 0 Å². The summed E-state index contributed by atoms with van der Waals surface area (Å²) in [6.45, 7) is 0. The lowest BCUT2D eigenvalue weighted by Gasteiger charge is -2.02. The van der Waals surface area contributed by atoms with E-state index in [0.29, 0.717) is 11.1 Å². The molecule has 1 rings (SSSR count). The molecule has 0 fully saturated rings. The van der Waals surface area contributed by atoms with Gasteiger partial charge in [0.2, 0.25) is 6.29 Å². The van der Waals surface area contributed by atoms with E-state index in [9.17, 15) is 13.2 Å². The highest BCUT2D eigenvalue weighted by Crippen LogP contribution is 2.08. The van der Waals surface area contributed by atoms with Crippen LogP contribution in [0.25, 0.3) is 0 Å². The van der Waals surface area contributed by atoms with E-state index in [1.165, 1.54) is 0 Å². The van der Waals surface area contributed by atoms with Gasteiger partial charge in [0.05, 0.1) is 11.5 Å². The molecule has 0 unspecified atom stereocenters. The molecule has 0 spiro atoms. The predicted octanol–water partition coefficient (Wildman–Crippen LogP) is 1.30. The molecule has 1 radical (unpaired) electrons. The average molecular weight is 246 g/mol. The lowest BCUT2D eigenvalue weighted by atomic mass is 10.2. The first-order valence-corrected chi connectivity index (χ1v) is 6.66. The van der Waals surface area contributed by atoms with E-state index in [2.05, 4.69) is 0 Å². The Hall–Kier alpha value is -0.870. The summed E-state index contributed by atoms with van der Waals surface area (Å²) in [6, 6.07) is 6.29. The number of benzene rings is 1. The second kappa shape index (κ2) is 5.28. The highest BCUT2D eigenvalue weighted by atomic mass is 35.5. The summed E-state index contributed by atoms with van der Waals surface area (Å²) >= 11 is 5.37. The van der Waals surface area contributed by atoms with Crippen molar-refractivity contribution in [3.05, 3.63) is 35.4 Å². The van der Waals surface area contributed by atoms with Crippen LogP contribution in [0.5, 0.6) is 0 Å². The molecule has 0 amide bonds. The van der Waals surface area contributed by atoms with Crippen LogP contribution in [0, 0.1) is 0 Å². The van der Waals surface area contributed by atoms with Crippen molar-refractivity contribution in [3.8, 4) is 0 Å². The van der Waals surface area contributed by atoms with E-state index in [4.69, 9.17) is 11.6 Å². The second-order valence-corrected chi connectivity index (χ2v) is 5.64. The topological polar surface area (TPSA) is 51.2 Å². The average Bonchev–Trinajstić information content (AvgIpc) is 2.18. The van der Waals surface area contributed by atoms with Gasteiger partial charge in [-0.05, 0) is 5.56 Å². The van der Waals surface area contributed by atoms with E-state index < -0.39 is 9.84 Å². The fraction of sp³-hybridized carbons (Fsp3) is 0.300. The van der Waals surface area contributed by atoms with Crippen LogP contribution in [-0.2, 0) is 20.4 Å². The minimum absolute atomic E-state index is 0.0316. The molecule has 3 nitrogen and oxygen atoms in total. The van der Waals surface area contributed by atoms with Crippen molar-refractivity contribution in [1.82, 2.24) is 0 Å². The van der Waals surface area contributed by atoms with E-state index in [1.807, 2.05) is 0 Å². The molecule has 0 aromatic heterocycles. The van der Waals surface area contributed by atoms with Gasteiger partial charge in [0.1, 0.15) is 0 Å². The SMILES string of the molecule is O=[C]c1ccc(CS(=O)(=O)CCCl)cc1. The lowest BCUT2D eigenvalue weighted by molar-refractivity contribution is 0.563. The minimum Gasteiger partial charge on any atom is -0.285 e. The van der Waals surface area contributed by atoms with Crippen LogP contribution < -0.4 is 0 Å². The Morgan fingerprint density at radius 1 is 1.20 bits per heavy atom. The van der Waals surface area contributed by atoms with E-state index >= 15 is 0 Å². The summed E-state index contributed by atoms with van der Waals surface area (Å²) in [5, 5.41) is 0. The van der Waals surface area contributed by atoms with Crippen LogP contribution in [0.15, 0.2) is 24.3 Å². The molecule has 0 atom stereocenters. The summed E-state index contributed by atoms with van der Waals surface area (Å²) in [6.07, 6.45) is 1.72. The van der Waals surface area contributed by atoms with Crippen molar-refractivity contribution >= 4 is 27.7 Å². The maximum Gasteiger partial charge on any atom is 0.233 e. The monoisotopic (exact) mass is 245 g/mol. The van der Waals surface area contributed by atoms with Gasteiger partial charge in [0.25, 0.3) is 0 Å². The zero-order valence-corrected chi connectivity index (χ0v) is 9.51. The number of carbonyl (C=O) groups excluding carboxylic acids is 1. The molecule has 1 aromatic carbocycles. The highest BCUT2D eigenvalue weighted by molar-refractivity contribution is 7.90. The standard InChI is InChI=1S/C10H10ClO3S/c11-5-6-15(13,14)8-10-3-1-9(7-12)2-4-10/h1-4H,5-6,8H2. The largest absolute Gasteiger partial charge is 0.285 e. The van der Waals surface area contributed by atoms with Crippen LogP contribution in [0.2, 0.25) is 0 Å². The molecule has 0 N–H and O–H groups in total. The van der Waals surface area contributed by atoms with Gasteiger partial charge in [-0.25, -0.2) is 8.42 Å². The van der Waals surface area contributed by atoms with E-state index in [-0.39, 0.29) is 17.4 Å².